The highest BCUT2D eigenvalue weighted by Crippen LogP contribution is 2.31. The number of hydrazine groups is 1. The fourth-order valence-corrected chi connectivity index (χ4v) is 4.23. The lowest BCUT2D eigenvalue weighted by Gasteiger charge is -2.25. The number of aromatic nitrogens is 3. The van der Waals surface area contributed by atoms with Crippen molar-refractivity contribution in [2.45, 2.75) is 11.3 Å². The first-order valence-corrected chi connectivity index (χ1v) is 11.8. The number of nitrogens with one attached hydrogen (secondary N) is 2. The predicted octanol–water partition coefficient (Wildman–Crippen LogP) is 3.01. The molecule has 35 heavy (non-hydrogen) atoms. The fourth-order valence-electron chi connectivity index (χ4n) is 3.47. The molecule has 2 heterocycles. The zero-order valence-electron chi connectivity index (χ0n) is 18.5. The van der Waals surface area contributed by atoms with Gasteiger partial charge < -0.3 is 9.47 Å². The maximum Gasteiger partial charge on any atom is 0.283 e. The lowest BCUT2D eigenvalue weighted by Crippen LogP contribution is -2.51. The number of carbonyl (C=O) groups excluding carboxylic acids is 2. The van der Waals surface area contributed by atoms with E-state index in [1.165, 1.54) is 11.8 Å². The summed E-state index contributed by atoms with van der Waals surface area (Å²) >= 11 is 1.21. The van der Waals surface area contributed by atoms with Crippen molar-refractivity contribution >= 4 is 23.6 Å². The summed E-state index contributed by atoms with van der Waals surface area (Å²) in [7, 11) is 0. The van der Waals surface area contributed by atoms with E-state index in [9.17, 15) is 9.59 Å². The molecule has 1 aliphatic rings. The molecular formula is C25H21N5O4S. The molecule has 0 aliphatic carbocycles. The molecule has 3 aromatic carbocycles. The lowest BCUT2D eigenvalue weighted by molar-refractivity contribution is -0.134. The van der Waals surface area contributed by atoms with Crippen LogP contribution in [0.4, 0.5) is 0 Å². The van der Waals surface area contributed by atoms with Crippen molar-refractivity contribution in [3.63, 3.8) is 0 Å². The van der Waals surface area contributed by atoms with Crippen molar-refractivity contribution in [2.24, 2.45) is 0 Å². The number of carbonyl (C=O) groups is 2. The number of thioether (sulfide) groups is 1. The number of para-hydroxylation sites is 3. The van der Waals surface area contributed by atoms with Crippen molar-refractivity contribution in [3.05, 3.63) is 84.9 Å². The smallest absolute Gasteiger partial charge is 0.283 e. The quantitative estimate of drug-likeness (QED) is 0.318. The zero-order valence-corrected chi connectivity index (χ0v) is 19.3. The van der Waals surface area contributed by atoms with Gasteiger partial charge in [0.05, 0.1) is 5.75 Å². The average molecular weight is 488 g/mol. The summed E-state index contributed by atoms with van der Waals surface area (Å²) in [5.74, 6) is 0.846. The number of amides is 2. The van der Waals surface area contributed by atoms with Gasteiger partial charge in [-0.05, 0) is 24.3 Å². The Morgan fingerprint density at radius 3 is 2.34 bits per heavy atom. The van der Waals surface area contributed by atoms with Crippen LogP contribution >= 0.6 is 11.8 Å². The van der Waals surface area contributed by atoms with Crippen LogP contribution in [-0.2, 0) is 9.59 Å². The summed E-state index contributed by atoms with van der Waals surface area (Å²) in [5, 5.41) is 9.21. The second-order valence-corrected chi connectivity index (χ2v) is 8.48. The zero-order chi connectivity index (χ0) is 24.0. The number of nitrogens with zero attached hydrogens (tertiary/aromatic N) is 3. The molecule has 0 fully saturated rings. The third kappa shape index (κ3) is 5.12. The summed E-state index contributed by atoms with van der Waals surface area (Å²) < 4.78 is 13.1. The number of hydrogen-bond acceptors (Lipinski definition) is 7. The summed E-state index contributed by atoms with van der Waals surface area (Å²) in [6.45, 7) is 0.0515. The van der Waals surface area contributed by atoms with Gasteiger partial charge in [-0.15, -0.1) is 10.2 Å². The van der Waals surface area contributed by atoms with Crippen molar-refractivity contribution in [3.8, 4) is 28.6 Å². The van der Waals surface area contributed by atoms with Crippen LogP contribution in [0.1, 0.15) is 0 Å². The van der Waals surface area contributed by atoms with E-state index in [1.54, 1.807) is 18.2 Å². The van der Waals surface area contributed by atoms with Crippen molar-refractivity contribution in [1.29, 1.82) is 0 Å². The highest BCUT2D eigenvalue weighted by molar-refractivity contribution is 7.99. The van der Waals surface area contributed by atoms with Gasteiger partial charge in [0.15, 0.2) is 22.5 Å². The van der Waals surface area contributed by atoms with Gasteiger partial charge in [-0.1, -0.05) is 72.4 Å². The highest BCUT2D eigenvalue weighted by atomic mass is 32.2. The van der Waals surface area contributed by atoms with Crippen molar-refractivity contribution in [2.75, 3.05) is 12.4 Å². The lowest BCUT2D eigenvalue weighted by atomic mass is 10.2. The normalized spacial score (nSPS) is 14.2. The number of fused-ring (bicyclic) bond motifs is 1. The number of rotatable bonds is 6. The van der Waals surface area contributed by atoms with Crippen LogP contribution in [0.3, 0.4) is 0 Å². The van der Waals surface area contributed by atoms with Crippen LogP contribution in [0.25, 0.3) is 17.1 Å². The second-order valence-electron chi connectivity index (χ2n) is 7.53. The van der Waals surface area contributed by atoms with Gasteiger partial charge in [-0.2, -0.15) is 0 Å². The van der Waals surface area contributed by atoms with Crippen LogP contribution < -0.4 is 20.3 Å². The third-order valence-corrected chi connectivity index (χ3v) is 6.07. The van der Waals surface area contributed by atoms with Crippen molar-refractivity contribution in [1.82, 2.24) is 25.6 Å². The molecule has 1 aliphatic heterocycles. The van der Waals surface area contributed by atoms with E-state index in [4.69, 9.17) is 9.47 Å². The van der Waals surface area contributed by atoms with E-state index in [0.29, 0.717) is 22.5 Å². The molecule has 2 amide bonds. The summed E-state index contributed by atoms with van der Waals surface area (Å²) in [6.07, 6.45) is -0.868. The first kappa shape index (κ1) is 22.5. The van der Waals surface area contributed by atoms with Gasteiger partial charge in [0.2, 0.25) is 12.0 Å². The molecule has 1 atom stereocenters. The summed E-state index contributed by atoms with van der Waals surface area (Å²) in [4.78, 5) is 24.9. The van der Waals surface area contributed by atoms with Crippen LogP contribution in [0.2, 0.25) is 0 Å². The molecule has 0 spiro atoms. The molecule has 0 radical (unpaired) electrons. The Morgan fingerprint density at radius 1 is 0.886 bits per heavy atom. The number of ether oxygens (including phenoxy) is 2. The fraction of sp³-hybridized carbons (Fsp3) is 0.120. The minimum atomic E-state index is -0.868. The molecule has 9 nitrogen and oxygen atoms in total. The average Bonchev–Trinajstić information content (AvgIpc) is 3.35. The van der Waals surface area contributed by atoms with Gasteiger partial charge >= 0.3 is 0 Å². The van der Waals surface area contributed by atoms with Gasteiger partial charge in [-0.25, -0.2) is 0 Å². The molecule has 4 aromatic rings. The monoisotopic (exact) mass is 487 g/mol. The maximum atomic E-state index is 12.5. The van der Waals surface area contributed by atoms with Crippen LogP contribution in [-0.4, -0.2) is 45.0 Å². The molecule has 2 N–H and O–H groups in total. The van der Waals surface area contributed by atoms with Crippen molar-refractivity contribution < 1.29 is 19.1 Å². The molecule has 5 rings (SSSR count). The Balaban J connectivity index is 1.22. The molecule has 0 saturated heterocycles. The maximum absolute atomic E-state index is 12.5. The van der Waals surface area contributed by atoms with E-state index < -0.39 is 17.9 Å². The largest absolute Gasteiger partial charge is 0.485 e. The first-order chi connectivity index (χ1) is 17.2. The number of benzene rings is 3. The number of hydrogen-bond donors (Lipinski definition) is 2. The standard InChI is InChI=1S/C25H21N5O4S/c31-22(26-28-24(32)21-15-33-19-13-7-8-14-20(19)34-21)16-35-25-29-27-23(17-9-3-1-4-10-17)30(25)18-11-5-2-6-12-18/h1-14,21H,15-16H2,(H,26,31)(H,28,32). The van der Waals surface area contributed by atoms with E-state index in [2.05, 4.69) is 21.0 Å². The second kappa shape index (κ2) is 10.3. The Morgan fingerprint density at radius 2 is 1.57 bits per heavy atom. The van der Waals surface area contributed by atoms with Crippen LogP contribution in [0.15, 0.2) is 90.1 Å². The van der Waals surface area contributed by atoms with E-state index in [0.717, 1.165) is 11.3 Å². The minimum absolute atomic E-state index is 0.0187. The Bertz CT molecular complexity index is 1330. The summed E-state index contributed by atoms with van der Waals surface area (Å²) in [5.41, 5.74) is 6.60. The van der Waals surface area contributed by atoms with Gasteiger partial charge in [-0.3, -0.25) is 25.0 Å². The van der Waals surface area contributed by atoms with Gasteiger partial charge in [0.1, 0.15) is 6.61 Å². The molecule has 176 valence electrons. The molecule has 0 saturated carbocycles. The molecule has 0 bridgehead atoms. The molecular weight excluding hydrogens is 466 g/mol. The van der Waals surface area contributed by atoms with Gasteiger partial charge in [0.25, 0.3) is 5.91 Å². The Hall–Kier alpha value is -4.31. The topological polar surface area (TPSA) is 107 Å². The van der Waals surface area contributed by atoms with Crippen LogP contribution in [0.5, 0.6) is 11.5 Å². The van der Waals surface area contributed by atoms with Crippen LogP contribution in [0, 0.1) is 0 Å². The molecule has 10 heteroatoms. The first-order valence-electron chi connectivity index (χ1n) is 10.9. The van der Waals surface area contributed by atoms with E-state index >= 15 is 0 Å². The summed E-state index contributed by atoms with van der Waals surface area (Å²) in [6, 6.07) is 26.5. The Kier molecular flexibility index (Phi) is 6.62. The third-order valence-electron chi connectivity index (χ3n) is 5.14. The predicted molar refractivity (Wildman–Crippen MR) is 130 cm³/mol. The molecule has 1 aromatic heterocycles. The molecule has 1 unspecified atom stereocenters. The highest BCUT2D eigenvalue weighted by Gasteiger charge is 2.27. The van der Waals surface area contributed by atoms with Gasteiger partial charge in [0, 0.05) is 11.3 Å². The Labute approximate surface area is 205 Å². The van der Waals surface area contributed by atoms with E-state index in [-0.39, 0.29) is 12.4 Å². The SMILES string of the molecule is O=C(CSc1nnc(-c2ccccc2)n1-c1ccccc1)NNC(=O)C1COc2ccccc2O1. The van der Waals surface area contributed by atoms with E-state index in [1.807, 2.05) is 71.3 Å². The minimum Gasteiger partial charge on any atom is -0.485 e.